The molecule has 0 aromatic heterocycles. The summed E-state index contributed by atoms with van der Waals surface area (Å²) in [4.78, 5) is 1.98. The van der Waals surface area contributed by atoms with E-state index in [1.54, 1.807) is 0 Å². The van der Waals surface area contributed by atoms with Gasteiger partial charge in [-0.25, -0.2) is 0 Å². The van der Waals surface area contributed by atoms with E-state index in [1.807, 2.05) is 24.2 Å². The fraction of sp³-hybridized carbons (Fsp3) is 0.765. The molecular weight excluding hydrogens is 248 g/mol. The molecule has 3 heteroatoms. The molecule has 1 aliphatic rings. The first-order chi connectivity index (χ1) is 9.75. The summed E-state index contributed by atoms with van der Waals surface area (Å²) in [6, 6.07) is 0. The molecule has 1 aliphatic heterocycles. The number of hydrogen-bond acceptors (Lipinski definition) is 3. The topological polar surface area (TPSA) is 35.5 Å². The van der Waals surface area contributed by atoms with Gasteiger partial charge in [0.25, 0.3) is 0 Å². The molecule has 2 unspecified atom stereocenters. The normalized spacial score (nSPS) is 19.8. The second-order valence-corrected chi connectivity index (χ2v) is 5.68. The third kappa shape index (κ3) is 6.99. The van der Waals surface area contributed by atoms with E-state index in [-0.39, 0.29) is 6.17 Å². The van der Waals surface area contributed by atoms with Crippen LogP contribution < -0.4 is 5.32 Å². The molecule has 0 aromatic rings. The lowest BCUT2D eigenvalue weighted by molar-refractivity contribution is 0.0254. The molecule has 0 saturated carbocycles. The first kappa shape index (κ1) is 17.1. The van der Waals surface area contributed by atoms with E-state index in [2.05, 4.69) is 24.4 Å². The number of nitrogens with one attached hydrogen (secondary N) is 1. The van der Waals surface area contributed by atoms with Crippen LogP contribution in [0.5, 0.6) is 0 Å². The van der Waals surface area contributed by atoms with Crippen molar-refractivity contribution in [3.8, 4) is 0 Å². The molecule has 2 atom stereocenters. The quantitative estimate of drug-likeness (QED) is 0.441. The number of aliphatic hydroxyl groups is 1. The molecule has 0 bridgehead atoms. The van der Waals surface area contributed by atoms with E-state index < -0.39 is 6.23 Å². The van der Waals surface area contributed by atoms with Gasteiger partial charge in [0.2, 0.25) is 0 Å². The van der Waals surface area contributed by atoms with Crippen LogP contribution in [0, 0.1) is 0 Å². The zero-order valence-electron chi connectivity index (χ0n) is 13.2. The molecule has 0 amide bonds. The minimum Gasteiger partial charge on any atom is -0.374 e. The molecule has 0 aliphatic carbocycles. The molecule has 1 rings (SSSR count). The zero-order valence-corrected chi connectivity index (χ0v) is 13.2. The maximum Gasteiger partial charge on any atom is 0.125 e. The van der Waals surface area contributed by atoms with Crippen LogP contribution in [0.25, 0.3) is 0 Å². The minimum atomic E-state index is -0.405. The summed E-state index contributed by atoms with van der Waals surface area (Å²) in [7, 11) is 0. The molecule has 1 heterocycles. The van der Waals surface area contributed by atoms with E-state index >= 15 is 0 Å². The van der Waals surface area contributed by atoms with E-state index in [0.717, 1.165) is 6.42 Å². The lowest BCUT2D eigenvalue weighted by Gasteiger charge is -2.28. The summed E-state index contributed by atoms with van der Waals surface area (Å²) >= 11 is 0. The van der Waals surface area contributed by atoms with Crippen LogP contribution >= 0.6 is 0 Å². The smallest absolute Gasteiger partial charge is 0.125 e. The van der Waals surface area contributed by atoms with Crippen molar-refractivity contribution in [3.63, 3.8) is 0 Å². The first-order valence-electron chi connectivity index (χ1n) is 8.29. The molecule has 0 saturated heterocycles. The van der Waals surface area contributed by atoms with Gasteiger partial charge < -0.3 is 15.3 Å². The van der Waals surface area contributed by atoms with Crippen molar-refractivity contribution in [2.24, 2.45) is 0 Å². The number of aliphatic hydroxyl groups excluding tert-OH is 1. The molecule has 116 valence electrons. The second-order valence-electron chi connectivity index (χ2n) is 5.68. The lowest BCUT2D eigenvalue weighted by Crippen LogP contribution is -2.40. The Balaban J connectivity index is 1.95. The first-order valence-corrected chi connectivity index (χ1v) is 8.29. The van der Waals surface area contributed by atoms with Crippen LogP contribution in [0.2, 0.25) is 0 Å². The Hall–Kier alpha value is -0.960. The molecule has 0 fully saturated rings. The Morgan fingerprint density at radius 1 is 1.15 bits per heavy atom. The SMILES string of the molecule is CCCCC/C=C/CCCCCC1NC=CN1C(C)O. The highest BCUT2D eigenvalue weighted by atomic mass is 16.3. The van der Waals surface area contributed by atoms with Gasteiger partial charge in [-0.2, -0.15) is 0 Å². The van der Waals surface area contributed by atoms with Crippen LogP contribution in [-0.2, 0) is 0 Å². The van der Waals surface area contributed by atoms with Crippen molar-refractivity contribution in [2.45, 2.75) is 84.0 Å². The average Bonchev–Trinajstić information content (AvgIpc) is 2.89. The fourth-order valence-electron chi connectivity index (χ4n) is 2.57. The maximum absolute atomic E-state index is 9.61. The van der Waals surface area contributed by atoms with Gasteiger partial charge in [0.05, 0.1) is 0 Å². The summed E-state index contributed by atoms with van der Waals surface area (Å²) in [5.74, 6) is 0. The van der Waals surface area contributed by atoms with E-state index in [0.29, 0.717) is 0 Å². The standard InChI is InChI=1S/C17H32N2O/c1-3-4-5-6-7-8-9-10-11-12-13-17-18-14-15-19(17)16(2)20/h7-8,14-18,20H,3-6,9-13H2,1-2H3/b8-7+. The number of rotatable bonds is 11. The summed E-state index contributed by atoms with van der Waals surface area (Å²) < 4.78 is 0. The number of hydrogen-bond donors (Lipinski definition) is 2. The van der Waals surface area contributed by atoms with Gasteiger partial charge in [0.15, 0.2) is 0 Å². The Bertz CT molecular complexity index is 287. The maximum atomic E-state index is 9.61. The Morgan fingerprint density at radius 3 is 2.50 bits per heavy atom. The predicted octanol–water partition coefficient (Wildman–Crippen LogP) is 4.11. The second kappa shape index (κ2) is 10.8. The number of allylic oxidation sites excluding steroid dienone is 2. The highest BCUT2D eigenvalue weighted by Gasteiger charge is 2.20. The highest BCUT2D eigenvalue weighted by molar-refractivity contribution is 4.94. The molecule has 0 aromatic carbocycles. The van der Waals surface area contributed by atoms with Gasteiger partial charge in [-0.1, -0.05) is 38.3 Å². The predicted molar refractivity (Wildman–Crippen MR) is 86.0 cm³/mol. The molecule has 3 nitrogen and oxygen atoms in total. The monoisotopic (exact) mass is 280 g/mol. The van der Waals surface area contributed by atoms with Crippen LogP contribution in [0.15, 0.2) is 24.6 Å². The Kier molecular flexibility index (Phi) is 9.22. The average molecular weight is 280 g/mol. The van der Waals surface area contributed by atoms with Crippen molar-refractivity contribution >= 4 is 0 Å². The number of unbranched alkanes of at least 4 members (excludes halogenated alkanes) is 6. The summed E-state index contributed by atoms with van der Waals surface area (Å²) in [5.41, 5.74) is 0. The van der Waals surface area contributed by atoms with E-state index in [4.69, 9.17) is 0 Å². The van der Waals surface area contributed by atoms with Crippen molar-refractivity contribution in [1.29, 1.82) is 0 Å². The lowest BCUT2D eigenvalue weighted by atomic mass is 10.1. The largest absolute Gasteiger partial charge is 0.374 e. The fourth-order valence-corrected chi connectivity index (χ4v) is 2.57. The van der Waals surface area contributed by atoms with Gasteiger partial charge in [0, 0.05) is 12.4 Å². The highest BCUT2D eigenvalue weighted by Crippen LogP contribution is 2.15. The van der Waals surface area contributed by atoms with Gasteiger partial charge >= 0.3 is 0 Å². The number of nitrogens with zero attached hydrogens (tertiary/aromatic N) is 1. The van der Waals surface area contributed by atoms with Crippen molar-refractivity contribution in [1.82, 2.24) is 10.2 Å². The van der Waals surface area contributed by atoms with Crippen molar-refractivity contribution < 1.29 is 5.11 Å². The molecule has 20 heavy (non-hydrogen) atoms. The summed E-state index contributed by atoms with van der Waals surface area (Å²) in [6.07, 6.45) is 19.7. The van der Waals surface area contributed by atoms with Crippen LogP contribution in [0.1, 0.15) is 71.6 Å². The van der Waals surface area contributed by atoms with Crippen LogP contribution in [0.3, 0.4) is 0 Å². The minimum absolute atomic E-state index is 0.277. The Morgan fingerprint density at radius 2 is 1.85 bits per heavy atom. The van der Waals surface area contributed by atoms with Gasteiger partial charge in [0.1, 0.15) is 12.4 Å². The van der Waals surface area contributed by atoms with Crippen LogP contribution in [0.4, 0.5) is 0 Å². The van der Waals surface area contributed by atoms with E-state index in [9.17, 15) is 5.11 Å². The van der Waals surface area contributed by atoms with Crippen molar-refractivity contribution in [3.05, 3.63) is 24.6 Å². The summed E-state index contributed by atoms with van der Waals surface area (Å²) in [6.45, 7) is 4.06. The van der Waals surface area contributed by atoms with E-state index in [1.165, 1.54) is 51.4 Å². The van der Waals surface area contributed by atoms with Gasteiger partial charge in [-0.05, 0) is 45.4 Å². The molecule has 0 spiro atoms. The third-order valence-electron chi connectivity index (χ3n) is 3.82. The van der Waals surface area contributed by atoms with Crippen molar-refractivity contribution in [2.75, 3.05) is 0 Å². The van der Waals surface area contributed by atoms with Gasteiger partial charge in [-0.15, -0.1) is 0 Å². The third-order valence-corrected chi connectivity index (χ3v) is 3.82. The Labute approximate surface area is 124 Å². The zero-order chi connectivity index (χ0) is 14.6. The molecule has 2 N–H and O–H groups in total. The van der Waals surface area contributed by atoms with Gasteiger partial charge in [-0.3, -0.25) is 0 Å². The molecule has 0 radical (unpaired) electrons. The van der Waals surface area contributed by atoms with Crippen LogP contribution in [-0.4, -0.2) is 22.4 Å². The summed E-state index contributed by atoms with van der Waals surface area (Å²) in [5, 5.41) is 12.9. The molecular formula is C17H32N2O.